The van der Waals surface area contributed by atoms with Crippen LogP contribution in [0.3, 0.4) is 0 Å². The van der Waals surface area contributed by atoms with Crippen LogP contribution in [0.2, 0.25) is 5.02 Å². The van der Waals surface area contributed by atoms with E-state index in [1.54, 1.807) is 0 Å². The third-order valence-corrected chi connectivity index (χ3v) is 4.66. The number of halogens is 1. The third-order valence-electron chi connectivity index (χ3n) is 4.43. The molecule has 2 aliphatic heterocycles. The number of piperazine rings is 1. The van der Waals surface area contributed by atoms with Gasteiger partial charge in [-0.2, -0.15) is 0 Å². The number of likely N-dealkylation sites (N-methyl/N-ethyl adjacent to an activating group) is 1. The van der Waals surface area contributed by atoms with Crippen LogP contribution in [-0.2, 0) is 0 Å². The van der Waals surface area contributed by atoms with E-state index >= 15 is 0 Å². The Morgan fingerprint density at radius 3 is 2.54 bits per heavy atom. The van der Waals surface area contributed by atoms with Gasteiger partial charge in [0.2, 0.25) is 0 Å². The second-order valence-electron chi connectivity index (χ2n) is 6.06. The summed E-state index contributed by atoms with van der Waals surface area (Å²) in [6.07, 6.45) is 0. The molecule has 24 heavy (non-hydrogen) atoms. The molecular weight excluding hydrogens is 331 g/mol. The van der Waals surface area contributed by atoms with Crippen LogP contribution in [0, 0.1) is 0 Å². The van der Waals surface area contributed by atoms with E-state index in [9.17, 15) is 0 Å². The van der Waals surface area contributed by atoms with Crippen LogP contribution in [0.1, 0.15) is 5.56 Å². The van der Waals surface area contributed by atoms with Gasteiger partial charge in [-0.3, -0.25) is 0 Å². The first-order valence-electron chi connectivity index (χ1n) is 7.89. The normalized spacial score (nSPS) is 16.9. The van der Waals surface area contributed by atoms with Crippen LogP contribution in [0.4, 0.5) is 17.1 Å². The Morgan fingerprint density at radius 1 is 1.00 bits per heavy atom. The maximum atomic E-state index is 6.18. The molecule has 0 unspecified atom stereocenters. The number of fused-ring (bicyclic) bond motifs is 2. The van der Waals surface area contributed by atoms with Gasteiger partial charge in [0.25, 0.3) is 0 Å². The fourth-order valence-corrected chi connectivity index (χ4v) is 3.24. The van der Waals surface area contributed by atoms with Crippen LogP contribution in [0.5, 0.6) is 0 Å². The van der Waals surface area contributed by atoms with Crippen molar-refractivity contribution in [1.29, 1.82) is 0 Å². The summed E-state index contributed by atoms with van der Waals surface area (Å²) in [7, 11) is 2.16. The third kappa shape index (κ3) is 3.48. The second kappa shape index (κ2) is 7.46. The molecule has 4 rings (SSSR count). The van der Waals surface area contributed by atoms with E-state index in [-0.39, 0.29) is 29.6 Å². The maximum absolute atomic E-state index is 6.18. The van der Waals surface area contributed by atoms with Crippen LogP contribution in [0.25, 0.3) is 0 Å². The Labute approximate surface area is 169 Å². The first kappa shape index (κ1) is 17.8. The van der Waals surface area contributed by atoms with Gasteiger partial charge in [-0.1, -0.05) is 23.7 Å². The van der Waals surface area contributed by atoms with Gasteiger partial charge in [-0.15, -0.1) is 0 Å². The number of aliphatic imine (C=N–C) groups is 1. The summed E-state index contributed by atoms with van der Waals surface area (Å²) >= 11 is 6.18. The summed E-state index contributed by atoms with van der Waals surface area (Å²) in [6.45, 7) is 4.08. The van der Waals surface area contributed by atoms with Gasteiger partial charge in [0.05, 0.1) is 11.4 Å². The molecule has 0 aromatic heterocycles. The van der Waals surface area contributed by atoms with Crippen LogP contribution < -0.4 is 5.32 Å². The number of rotatable bonds is 0. The molecule has 4 nitrogen and oxygen atoms in total. The van der Waals surface area contributed by atoms with E-state index in [2.05, 4.69) is 40.4 Å². The number of para-hydroxylation sites is 1. The zero-order chi connectivity index (χ0) is 15.8. The van der Waals surface area contributed by atoms with Gasteiger partial charge in [0, 0.05) is 42.5 Å². The molecule has 0 saturated carbocycles. The van der Waals surface area contributed by atoms with Gasteiger partial charge in [-0.25, -0.2) is 4.99 Å². The monoisotopic (exact) mass is 350 g/mol. The van der Waals surface area contributed by atoms with Gasteiger partial charge in [0.1, 0.15) is 5.84 Å². The summed E-state index contributed by atoms with van der Waals surface area (Å²) < 4.78 is 0. The van der Waals surface area contributed by atoms with E-state index in [0.29, 0.717) is 5.02 Å². The molecule has 2 aromatic rings. The first-order chi connectivity index (χ1) is 11.2. The van der Waals surface area contributed by atoms with Crippen molar-refractivity contribution in [1.82, 2.24) is 9.80 Å². The molecule has 1 saturated heterocycles. The van der Waals surface area contributed by atoms with Crippen molar-refractivity contribution in [3.8, 4) is 0 Å². The molecule has 0 spiro atoms. The molecule has 120 valence electrons. The summed E-state index contributed by atoms with van der Waals surface area (Å²) in [5.41, 5.74) is 4.12. The summed E-state index contributed by atoms with van der Waals surface area (Å²) in [4.78, 5) is 9.69. The summed E-state index contributed by atoms with van der Waals surface area (Å²) in [6, 6.07) is 14.2. The molecule has 1 fully saturated rings. The van der Waals surface area contributed by atoms with Gasteiger partial charge in [0.15, 0.2) is 0 Å². The van der Waals surface area contributed by atoms with Crippen molar-refractivity contribution < 1.29 is 0 Å². The molecule has 2 aromatic carbocycles. The molecule has 0 radical (unpaired) electrons. The van der Waals surface area contributed by atoms with Crippen molar-refractivity contribution >= 4 is 64.1 Å². The van der Waals surface area contributed by atoms with Crippen molar-refractivity contribution in [3.63, 3.8) is 0 Å². The van der Waals surface area contributed by atoms with E-state index in [1.807, 2.05) is 24.3 Å². The Hall–Kier alpha value is -1.04. The number of hydrogen-bond acceptors (Lipinski definition) is 4. The Morgan fingerprint density at radius 2 is 1.75 bits per heavy atom. The van der Waals surface area contributed by atoms with Gasteiger partial charge in [-0.05, 0) is 37.4 Å². The van der Waals surface area contributed by atoms with Crippen LogP contribution in [-0.4, -0.2) is 78.4 Å². The average Bonchev–Trinajstić information content (AvgIpc) is 2.72. The zero-order valence-electron chi connectivity index (χ0n) is 13.1. The number of hydrogen-bond donors (Lipinski definition) is 1. The summed E-state index contributed by atoms with van der Waals surface area (Å²) in [5, 5.41) is 4.20. The first-order valence-corrected chi connectivity index (χ1v) is 8.27. The molecule has 0 bridgehead atoms. The van der Waals surface area contributed by atoms with Gasteiger partial charge >= 0.3 is 29.6 Å². The molecular formula is C18H20ClN4Na. The molecule has 2 heterocycles. The van der Waals surface area contributed by atoms with Crippen molar-refractivity contribution in [2.75, 3.05) is 38.5 Å². The van der Waals surface area contributed by atoms with E-state index < -0.39 is 0 Å². The van der Waals surface area contributed by atoms with Crippen LogP contribution >= 0.6 is 11.6 Å². The fraction of sp³-hybridized carbons (Fsp3) is 0.278. The number of nitrogens with one attached hydrogen (secondary N) is 1. The predicted molar refractivity (Wildman–Crippen MR) is 104 cm³/mol. The predicted octanol–water partition coefficient (Wildman–Crippen LogP) is 3.07. The quantitative estimate of drug-likeness (QED) is 0.741. The van der Waals surface area contributed by atoms with E-state index in [0.717, 1.165) is 54.6 Å². The fourth-order valence-electron chi connectivity index (χ4n) is 3.07. The molecule has 0 atom stereocenters. The molecule has 6 heteroatoms. The SMILES string of the molecule is CN1CCN(C2=Nc3cc(Cl)ccc3Nc3ccccc32)CC1.[NaH]. The van der Waals surface area contributed by atoms with Gasteiger partial charge < -0.3 is 15.1 Å². The Kier molecular flexibility index (Phi) is 5.52. The minimum atomic E-state index is 0. The van der Waals surface area contributed by atoms with Crippen molar-refractivity contribution in [2.45, 2.75) is 0 Å². The Bertz CT molecular complexity index is 769. The standard InChI is InChI=1S/C18H19ClN4.Na.H/c1-22-8-10-23(11-9-22)18-14-4-2-3-5-15(14)20-16-7-6-13(19)12-17(16)21-18;;/h2-7,12,20H,8-11H2,1H3;;. The van der Waals surface area contributed by atoms with E-state index in [4.69, 9.17) is 16.6 Å². The van der Waals surface area contributed by atoms with Crippen molar-refractivity contribution in [2.24, 2.45) is 4.99 Å². The minimum absolute atomic E-state index is 0. The molecule has 1 N–H and O–H groups in total. The number of nitrogens with zero attached hydrogens (tertiary/aromatic N) is 3. The average molecular weight is 351 g/mol. The summed E-state index contributed by atoms with van der Waals surface area (Å²) in [5.74, 6) is 1.03. The van der Waals surface area contributed by atoms with Crippen LogP contribution in [0.15, 0.2) is 47.5 Å². The molecule has 0 aliphatic carbocycles. The number of anilines is 2. The zero-order valence-corrected chi connectivity index (χ0v) is 13.8. The van der Waals surface area contributed by atoms with E-state index in [1.165, 1.54) is 0 Å². The topological polar surface area (TPSA) is 30.9 Å². The number of amidine groups is 1. The molecule has 0 amide bonds. The second-order valence-corrected chi connectivity index (χ2v) is 6.49. The number of benzene rings is 2. The Balaban J connectivity index is 0.00000169. The van der Waals surface area contributed by atoms with Crippen molar-refractivity contribution in [3.05, 3.63) is 53.1 Å². The molecule has 2 aliphatic rings.